The number of hydrogen-bond donors (Lipinski definition) is 1. The predicted octanol–water partition coefficient (Wildman–Crippen LogP) is 4.89. The first kappa shape index (κ1) is 14.0. The van der Waals surface area contributed by atoms with Gasteiger partial charge in [0.1, 0.15) is 0 Å². The Kier molecular flexibility index (Phi) is 7.06. The van der Waals surface area contributed by atoms with Gasteiger partial charge in [0.25, 0.3) is 0 Å². The van der Waals surface area contributed by atoms with Crippen LogP contribution in [0.1, 0.15) is 36.8 Å². The molecular formula is C14H22S2. The molecule has 2 heteroatoms. The van der Waals surface area contributed by atoms with Crippen molar-refractivity contribution in [2.75, 3.05) is 11.5 Å². The van der Waals surface area contributed by atoms with Gasteiger partial charge >= 0.3 is 0 Å². The van der Waals surface area contributed by atoms with Crippen molar-refractivity contribution in [3.63, 3.8) is 0 Å². The summed E-state index contributed by atoms with van der Waals surface area (Å²) in [5, 5.41) is 0. The molecule has 1 aromatic rings. The molecule has 90 valence electrons. The van der Waals surface area contributed by atoms with Gasteiger partial charge in [-0.15, -0.1) is 11.8 Å². The topological polar surface area (TPSA) is 0 Å². The van der Waals surface area contributed by atoms with Crippen molar-refractivity contribution < 1.29 is 0 Å². The standard InChI is InChI=1S/C14H22S2/c1-12-7-8-14(11-13(12)2)16-10-6-4-3-5-9-15/h7-8,11,15H,3-6,9-10H2,1-2H3. The van der Waals surface area contributed by atoms with Crippen molar-refractivity contribution in [3.05, 3.63) is 29.3 Å². The van der Waals surface area contributed by atoms with E-state index in [0.717, 1.165) is 5.75 Å². The molecule has 0 aromatic heterocycles. The maximum Gasteiger partial charge on any atom is 0.00747 e. The third-order valence-electron chi connectivity index (χ3n) is 2.80. The highest BCUT2D eigenvalue weighted by Crippen LogP contribution is 2.22. The summed E-state index contributed by atoms with van der Waals surface area (Å²) in [7, 11) is 0. The molecule has 0 heterocycles. The van der Waals surface area contributed by atoms with Crippen molar-refractivity contribution in [1.82, 2.24) is 0 Å². The Bertz CT molecular complexity index is 308. The van der Waals surface area contributed by atoms with Crippen molar-refractivity contribution in [2.24, 2.45) is 0 Å². The minimum absolute atomic E-state index is 1.03. The fourth-order valence-corrected chi connectivity index (χ4v) is 2.79. The molecule has 0 aliphatic rings. The normalized spacial score (nSPS) is 10.7. The van der Waals surface area contributed by atoms with Gasteiger partial charge in [-0.25, -0.2) is 0 Å². The summed E-state index contributed by atoms with van der Waals surface area (Å²) in [5.74, 6) is 2.28. The van der Waals surface area contributed by atoms with E-state index in [1.165, 1.54) is 47.5 Å². The van der Waals surface area contributed by atoms with Crippen molar-refractivity contribution in [3.8, 4) is 0 Å². The average molecular weight is 254 g/mol. The van der Waals surface area contributed by atoms with Crippen molar-refractivity contribution in [1.29, 1.82) is 0 Å². The van der Waals surface area contributed by atoms with Crippen LogP contribution in [0.25, 0.3) is 0 Å². The third-order valence-corrected chi connectivity index (χ3v) is 4.20. The van der Waals surface area contributed by atoms with Crippen molar-refractivity contribution in [2.45, 2.75) is 44.4 Å². The second-order valence-electron chi connectivity index (χ2n) is 4.23. The van der Waals surface area contributed by atoms with Crippen LogP contribution in [0.3, 0.4) is 0 Å². The lowest BCUT2D eigenvalue weighted by molar-refractivity contribution is 0.712. The van der Waals surface area contributed by atoms with Crippen LogP contribution in [0.2, 0.25) is 0 Å². The van der Waals surface area contributed by atoms with E-state index < -0.39 is 0 Å². The minimum Gasteiger partial charge on any atom is -0.179 e. The predicted molar refractivity (Wildman–Crippen MR) is 79.0 cm³/mol. The smallest absolute Gasteiger partial charge is 0.00747 e. The molecule has 0 nitrogen and oxygen atoms in total. The Morgan fingerprint density at radius 1 is 1.00 bits per heavy atom. The van der Waals surface area contributed by atoms with Crippen LogP contribution >= 0.6 is 24.4 Å². The van der Waals surface area contributed by atoms with Crippen molar-refractivity contribution >= 4 is 24.4 Å². The Morgan fingerprint density at radius 3 is 2.44 bits per heavy atom. The SMILES string of the molecule is Cc1ccc(SCCCCCCS)cc1C. The molecule has 0 spiro atoms. The van der Waals surface area contributed by atoms with Crippen LogP contribution in [0, 0.1) is 13.8 Å². The average Bonchev–Trinajstić information content (AvgIpc) is 2.28. The van der Waals surface area contributed by atoms with E-state index in [-0.39, 0.29) is 0 Å². The van der Waals surface area contributed by atoms with E-state index in [1.807, 2.05) is 11.8 Å². The molecule has 1 aromatic carbocycles. The zero-order valence-corrected chi connectivity index (χ0v) is 12.0. The van der Waals surface area contributed by atoms with E-state index in [0.29, 0.717) is 0 Å². The highest BCUT2D eigenvalue weighted by molar-refractivity contribution is 7.99. The van der Waals surface area contributed by atoms with Gasteiger partial charge in [0.15, 0.2) is 0 Å². The van der Waals surface area contributed by atoms with Gasteiger partial charge in [0, 0.05) is 4.90 Å². The molecule has 0 unspecified atom stereocenters. The van der Waals surface area contributed by atoms with Gasteiger partial charge in [0.05, 0.1) is 0 Å². The van der Waals surface area contributed by atoms with Crippen LogP contribution < -0.4 is 0 Å². The molecule has 0 N–H and O–H groups in total. The first-order chi connectivity index (χ1) is 7.74. The van der Waals surface area contributed by atoms with Crippen LogP contribution in [0.4, 0.5) is 0 Å². The molecule has 1 rings (SSSR count). The first-order valence-corrected chi connectivity index (χ1v) is 7.67. The van der Waals surface area contributed by atoms with E-state index in [1.54, 1.807) is 0 Å². The van der Waals surface area contributed by atoms with Crippen LogP contribution in [-0.2, 0) is 0 Å². The number of benzene rings is 1. The highest BCUT2D eigenvalue weighted by Gasteiger charge is 1.97. The first-order valence-electron chi connectivity index (χ1n) is 6.05. The molecule has 0 saturated heterocycles. The second-order valence-corrected chi connectivity index (χ2v) is 5.85. The molecule has 0 saturated carbocycles. The molecule has 0 amide bonds. The molecule has 16 heavy (non-hydrogen) atoms. The number of aryl methyl sites for hydroxylation is 2. The number of unbranched alkanes of at least 4 members (excludes halogenated alkanes) is 3. The van der Waals surface area contributed by atoms with E-state index in [2.05, 4.69) is 44.7 Å². The van der Waals surface area contributed by atoms with Crippen LogP contribution in [0.15, 0.2) is 23.1 Å². The number of rotatable bonds is 7. The Morgan fingerprint density at radius 2 is 1.75 bits per heavy atom. The summed E-state index contributed by atoms with van der Waals surface area (Å²) in [5.41, 5.74) is 2.79. The van der Waals surface area contributed by atoms with Gasteiger partial charge in [-0.05, 0) is 61.5 Å². The maximum absolute atomic E-state index is 4.22. The minimum atomic E-state index is 1.03. The van der Waals surface area contributed by atoms with Crippen LogP contribution in [-0.4, -0.2) is 11.5 Å². The summed E-state index contributed by atoms with van der Waals surface area (Å²) < 4.78 is 0. The monoisotopic (exact) mass is 254 g/mol. The molecule has 0 atom stereocenters. The van der Waals surface area contributed by atoms with E-state index in [9.17, 15) is 0 Å². The molecule has 0 fully saturated rings. The fraction of sp³-hybridized carbons (Fsp3) is 0.571. The lowest BCUT2D eigenvalue weighted by Crippen LogP contribution is -1.85. The summed E-state index contributed by atoms with van der Waals surface area (Å²) in [6, 6.07) is 6.76. The lowest BCUT2D eigenvalue weighted by atomic mass is 10.1. The summed E-state index contributed by atoms with van der Waals surface area (Å²) >= 11 is 6.20. The number of hydrogen-bond acceptors (Lipinski definition) is 2. The van der Waals surface area contributed by atoms with E-state index in [4.69, 9.17) is 0 Å². The van der Waals surface area contributed by atoms with Crippen LogP contribution in [0.5, 0.6) is 0 Å². The van der Waals surface area contributed by atoms with Gasteiger partial charge in [-0.1, -0.05) is 18.9 Å². The van der Waals surface area contributed by atoms with Gasteiger partial charge < -0.3 is 0 Å². The van der Waals surface area contributed by atoms with E-state index >= 15 is 0 Å². The highest BCUT2D eigenvalue weighted by atomic mass is 32.2. The Balaban J connectivity index is 2.19. The number of thiol groups is 1. The summed E-state index contributed by atoms with van der Waals surface area (Å²) in [6.07, 6.45) is 5.26. The van der Waals surface area contributed by atoms with Gasteiger partial charge in [-0.2, -0.15) is 12.6 Å². The third kappa shape index (κ3) is 5.31. The quantitative estimate of drug-likeness (QED) is 0.411. The second kappa shape index (κ2) is 8.08. The largest absolute Gasteiger partial charge is 0.179 e. The van der Waals surface area contributed by atoms with Gasteiger partial charge in [0.2, 0.25) is 0 Å². The summed E-state index contributed by atoms with van der Waals surface area (Å²) in [4.78, 5) is 1.41. The Labute approximate surface area is 110 Å². The van der Waals surface area contributed by atoms with Gasteiger partial charge in [-0.3, -0.25) is 0 Å². The molecule has 0 bridgehead atoms. The molecular weight excluding hydrogens is 232 g/mol. The zero-order chi connectivity index (χ0) is 11.8. The molecule has 0 radical (unpaired) electrons. The zero-order valence-electron chi connectivity index (χ0n) is 10.3. The summed E-state index contributed by atoms with van der Waals surface area (Å²) in [6.45, 7) is 4.35. The maximum atomic E-state index is 4.22. The Hall–Kier alpha value is -0.0800. The fourth-order valence-electron chi connectivity index (χ4n) is 1.56. The lowest BCUT2D eigenvalue weighted by Gasteiger charge is -2.05. The molecule has 0 aliphatic heterocycles. The molecule has 0 aliphatic carbocycles. The number of thioether (sulfide) groups is 1.